The predicted octanol–water partition coefficient (Wildman–Crippen LogP) is -0.125. The molecule has 0 spiro atoms. The number of carbonyl (C=O) groups excluding carboxylic acids is 2. The molecule has 0 heterocycles. The van der Waals surface area contributed by atoms with E-state index in [1.54, 1.807) is 12.1 Å². The molecular weight excluding hydrogens is 224 g/mol. The fourth-order valence-electron chi connectivity index (χ4n) is 1.35. The monoisotopic (exact) mass is 236 g/mol. The van der Waals surface area contributed by atoms with E-state index in [2.05, 4.69) is 0 Å². The summed E-state index contributed by atoms with van der Waals surface area (Å²) in [5.41, 5.74) is 6.03. The largest absolute Gasteiger partial charge is 0.480 e. The van der Waals surface area contributed by atoms with Crippen LogP contribution in [0, 0.1) is 0 Å². The van der Waals surface area contributed by atoms with Gasteiger partial charge in [-0.2, -0.15) is 0 Å². The fraction of sp³-hybridized carbons (Fsp3) is 0.182. The second kappa shape index (κ2) is 5.64. The lowest BCUT2D eigenvalue weighted by Crippen LogP contribution is -2.37. The van der Waals surface area contributed by atoms with Crippen molar-refractivity contribution in [2.24, 2.45) is 5.73 Å². The number of carboxylic acid groups (broad SMARTS) is 1. The number of anilines is 1. The zero-order valence-corrected chi connectivity index (χ0v) is 9.00. The van der Waals surface area contributed by atoms with Gasteiger partial charge in [0.1, 0.15) is 12.8 Å². The summed E-state index contributed by atoms with van der Waals surface area (Å²) in [6, 6.07) is 6.21. The quantitative estimate of drug-likeness (QED) is 0.670. The zero-order chi connectivity index (χ0) is 12.8. The molecule has 0 aliphatic heterocycles. The number of nitrogens with zero attached hydrogens (tertiary/aromatic N) is 1. The molecule has 90 valence electrons. The minimum atomic E-state index is -1.06. The average molecular weight is 236 g/mol. The summed E-state index contributed by atoms with van der Waals surface area (Å²) in [5, 5.41) is 8.71. The van der Waals surface area contributed by atoms with Gasteiger partial charge in [0.05, 0.1) is 6.54 Å². The van der Waals surface area contributed by atoms with Crippen LogP contribution in [0.3, 0.4) is 0 Å². The summed E-state index contributed by atoms with van der Waals surface area (Å²) < 4.78 is 0. The van der Waals surface area contributed by atoms with E-state index in [1.165, 1.54) is 17.0 Å². The van der Waals surface area contributed by atoms with Gasteiger partial charge in [-0.15, -0.1) is 0 Å². The lowest BCUT2D eigenvalue weighted by molar-refractivity contribution is -0.135. The second-order valence-electron chi connectivity index (χ2n) is 3.43. The molecule has 1 aromatic rings. The van der Waals surface area contributed by atoms with Crippen LogP contribution in [0.25, 0.3) is 0 Å². The van der Waals surface area contributed by atoms with Gasteiger partial charge in [-0.3, -0.25) is 14.4 Å². The Hall–Kier alpha value is -2.37. The normalized spacial score (nSPS) is 9.65. The van der Waals surface area contributed by atoms with E-state index in [0.717, 1.165) is 0 Å². The lowest BCUT2D eigenvalue weighted by Gasteiger charge is -2.21. The first-order valence-electron chi connectivity index (χ1n) is 4.83. The molecule has 3 N–H and O–H groups in total. The van der Waals surface area contributed by atoms with Crippen LogP contribution >= 0.6 is 0 Å². The van der Waals surface area contributed by atoms with E-state index in [9.17, 15) is 14.4 Å². The Balaban J connectivity index is 2.90. The van der Waals surface area contributed by atoms with Crippen molar-refractivity contribution in [3.8, 4) is 0 Å². The summed E-state index contributed by atoms with van der Waals surface area (Å²) in [5.74, 6) is -1.68. The topological polar surface area (TPSA) is 101 Å². The molecule has 17 heavy (non-hydrogen) atoms. The van der Waals surface area contributed by atoms with Gasteiger partial charge in [-0.1, -0.05) is 0 Å². The van der Waals surface area contributed by atoms with Crippen LogP contribution in [0.4, 0.5) is 5.69 Å². The van der Waals surface area contributed by atoms with Crippen LogP contribution in [0.1, 0.15) is 10.4 Å². The summed E-state index contributed by atoms with van der Waals surface area (Å²) in [7, 11) is 0. The van der Waals surface area contributed by atoms with Gasteiger partial charge in [0.25, 0.3) is 0 Å². The maximum absolute atomic E-state index is 10.8. The van der Waals surface area contributed by atoms with Gasteiger partial charge >= 0.3 is 5.97 Å². The predicted molar refractivity (Wildman–Crippen MR) is 60.9 cm³/mol. The third kappa shape index (κ3) is 3.94. The third-order valence-electron chi connectivity index (χ3n) is 2.07. The van der Waals surface area contributed by atoms with E-state index >= 15 is 0 Å². The van der Waals surface area contributed by atoms with Crippen LogP contribution in [0.5, 0.6) is 0 Å². The first kappa shape index (κ1) is 12.7. The Kier molecular flexibility index (Phi) is 4.21. The number of carboxylic acids is 1. The summed E-state index contributed by atoms with van der Waals surface area (Å²) in [6.07, 6.45) is 0.680. The molecule has 1 aromatic carbocycles. The molecule has 0 unspecified atom stereocenters. The molecule has 0 fully saturated rings. The van der Waals surface area contributed by atoms with Gasteiger partial charge in [0, 0.05) is 11.3 Å². The highest BCUT2D eigenvalue weighted by Gasteiger charge is 2.12. The average Bonchev–Trinajstić information content (AvgIpc) is 2.27. The highest BCUT2D eigenvalue weighted by atomic mass is 16.4. The number of primary amides is 1. The Labute approximate surface area is 97.6 Å². The first-order valence-corrected chi connectivity index (χ1v) is 4.83. The highest BCUT2D eigenvalue weighted by Crippen LogP contribution is 2.14. The maximum Gasteiger partial charge on any atom is 0.323 e. The minimum Gasteiger partial charge on any atom is -0.480 e. The van der Waals surface area contributed by atoms with Crippen molar-refractivity contribution in [2.45, 2.75) is 0 Å². The van der Waals surface area contributed by atoms with Crippen LogP contribution in [0.2, 0.25) is 0 Å². The third-order valence-corrected chi connectivity index (χ3v) is 2.07. The molecule has 0 aliphatic rings. The van der Waals surface area contributed by atoms with Crippen molar-refractivity contribution in [3.05, 3.63) is 29.8 Å². The molecule has 0 aliphatic carbocycles. The van der Waals surface area contributed by atoms with E-state index in [-0.39, 0.29) is 13.1 Å². The number of nitrogens with two attached hydrogens (primary N) is 1. The van der Waals surface area contributed by atoms with Crippen LogP contribution in [-0.2, 0) is 9.59 Å². The Morgan fingerprint density at radius 2 is 1.82 bits per heavy atom. The molecular formula is C11H12N2O4. The minimum absolute atomic E-state index is 0.188. The van der Waals surface area contributed by atoms with Gasteiger partial charge in [0.15, 0.2) is 0 Å². The highest BCUT2D eigenvalue weighted by molar-refractivity contribution is 5.83. The molecule has 0 atom stereocenters. The number of amides is 1. The molecule has 0 saturated carbocycles. The second-order valence-corrected chi connectivity index (χ2v) is 3.43. The molecule has 0 aromatic heterocycles. The van der Waals surface area contributed by atoms with Gasteiger partial charge in [0.2, 0.25) is 5.91 Å². The number of carbonyl (C=O) groups is 3. The number of hydrogen-bond donors (Lipinski definition) is 2. The SMILES string of the molecule is NC(=O)CN(CC(=O)O)c1ccc(C=O)cc1. The Bertz CT molecular complexity index is 412. The maximum atomic E-state index is 10.8. The van der Waals surface area contributed by atoms with Crippen molar-refractivity contribution in [1.82, 2.24) is 0 Å². The number of hydrogen-bond acceptors (Lipinski definition) is 4. The molecule has 0 radical (unpaired) electrons. The fourth-order valence-corrected chi connectivity index (χ4v) is 1.35. The van der Waals surface area contributed by atoms with Crippen molar-refractivity contribution < 1.29 is 19.5 Å². The van der Waals surface area contributed by atoms with Crippen LogP contribution < -0.4 is 10.6 Å². The lowest BCUT2D eigenvalue weighted by atomic mass is 10.2. The molecule has 0 bridgehead atoms. The summed E-state index contributed by atoms with van der Waals surface area (Å²) in [6.45, 7) is -0.518. The van der Waals surface area contributed by atoms with Gasteiger partial charge < -0.3 is 15.7 Å². The van der Waals surface area contributed by atoms with Gasteiger partial charge in [-0.25, -0.2) is 0 Å². The number of aliphatic carboxylic acids is 1. The standard InChI is InChI=1S/C11H12N2O4/c12-10(15)5-13(6-11(16)17)9-3-1-8(7-14)2-4-9/h1-4,7H,5-6H2,(H2,12,15)(H,16,17). The number of rotatable bonds is 6. The summed E-state index contributed by atoms with van der Waals surface area (Å²) >= 11 is 0. The van der Waals surface area contributed by atoms with Crippen molar-refractivity contribution >= 4 is 23.9 Å². The van der Waals surface area contributed by atoms with E-state index in [0.29, 0.717) is 17.5 Å². The van der Waals surface area contributed by atoms with Gasteiger partial charge in [-0.05, 0) is 24.3 Å². The summed E-state index contributed by atoms with van der Waals surface area (Å²) in [4.78, 5) is 33.2. The molecule has 1 amide bonds. The molecule has 1 rings (SSSR count). The van der Waals surface area contributed by atoms with E-state index < -0.39 is 11.9 Å². The molecule has 6 nitrogen and oxygen atoms in total. The Morgan fingerprint density at radius 1 is 1.24 bits per heavy atom. The first-order chi connectivity index (χ1) is 8.02. The molecule has 0 saturated heterocycles. The number of benzene rings is 1. The van der Waals surface area contributed by atoms with Crippen molar-refractivity contribution in [1.29, 1.82) is 0 Å². The van der Waals surface area contributed by atoms with Crippen LogP contribution in [-0.4, -0.2) is 36.4 Å². The van der Waals surface area contributed by atoms with E-state index in [4.69, 9.17) is 10.8 Å². The van der Waals surface area contributed by atoms with Crippen molar-refractivity contribution in [2.75, 3.05) is 18.0 Å². The smallest absolute Gasteiger partial charge is 0.323 e. The molecule has 6 heteroatoms. The van der Waals surface area contributed by atoms with Crippen molar-refractivity contribution in [3.63, 3.8) is 0 Å². The Morgan fingerprint density at radius 3 is 2.24 bits per heavy atom. The number of aldehydes is 1. The zero-order valence-electron chi connectivity index (χ0n) is 9.00. The van der Waals surface area contributed by atoms with Crippen LogP contribution in [0.15, 0.2) is 24.3 Å². The van der Waals surface area contributed by atoms with E-state index in [1.807, 2.05) is 0 Å².